The average molecular weight is 282 g/mol. The number of esters is 1. The number of pyridine rings is 1. The zero-order valence-corrected chi connectivity index (χ0v) is 11.8. The van der Waals surface area contributed by atoms with Gasteiger partial charge in [0.15, 0.2) is 0 Å². The fourth-order valence-corrected chi connectivity index (χ4v) is 2.68. The zero-order valence-electron chi connectivity index (χ0n) is 11.8. The van der Waals surface area contributed by atoms with E-state index < -0.39 is 0 Å². The SMILES string of the molecule is O=C(Oc1ccccc1)C1CCCCN1c1cccnc1. The smallest absolute Gasteiger partial charge is 0.334 e. The molecule has 4 nitrogen and oxygen atoms in total. The van der Waals surface area contributed by atoms with Crippen molar-refractivity contribution in [2.75, 3.05) is 11.4 Å². The Balaban J connectivity index is 1.76. The molecule has 1 saturated heterocycles. The molecule has 2 heterocycles. The van der Waals surface area contributed by atoms with Gasteiger partial charge in [-0.2, -0.15) is 0 Å². The second kappa shape index (κ2) is 6.39. The topological polar surface area (TPSA) is 42.4 Å². The molecule has 1 atom stereocenters. The number of carbonyl (C=O) groups is 1. The van der Waals surface area contributed by atoms with Crippen molar-refractivity contribution in [3.8, 4) is 5.75 Å². The van der Waals surface area contributed by atoms with Crippen LogP contribution in [-0.4, -0.2) is 23.5 Å². The van der Waals surface area contributed by atoms with Crippen LogP contribution >= 0.6 is 0 Å². The molecule has 1 aliphatic rings. The highest BCUT2D eigenvalue weighted by atomic mass is 16.5. The van der Waals surface area contributed by atoms with Crippen molar-refractivity contribution in [3.05, 3.63) is 54.9 Å². The number of piperidine rings is 1. The third-order valence-corrected chi connectivity index (χ3v) is 3.71. The summed E-state index contributed by atoms with van der Waals surface area (Å²) in [6.45, 7) is 0.861. The summed E-state index contributed by atoms with van der Waals surface area (Å²) in [5.41, 5.74) is 0.979. The molecule has 0 amide bonds. The largest absolute Gasteiger partial charge is 0.425 e. The lowest BCUT2D eigenvalue weighted by atomic mass is 10.0. The van der Waals surface area contributed by atoms with Crippen molar-refractivity contribution < 1.29 is 9.53 Å². The van der Waals surface area contributed by atoms with E-state index in [9.17, 15) is 4.79 Å². The molecule has 3 rings (SSSR count). The molecule has 21 heavy (non-hydrogen) atoms. The maximum absolute atomic E-state index is 12.5. The van der Waals surface area contributed by atoms with Crippen LogP contribution in [0.25, 0.3) is 0 Å². The highest BCUT2D eigenvalue weighted by Gasteiger charge is 2.30. The van der Waals surface area contributed by atoms with Gasteiger partial charge in [-0.3, -0.25) is 4.98 Å². The Morgan fingerprint density at radius 2 is 2.00 bits per heavy atom. The summed E-state index contributed by atoms with van der Waals surface area (Å²) in [4.78, 5) is 18.7. The van der Waals surface area contributed by atoms with Crippen LogP contribution in [0.1, 0.15) is 19.3 Å². The summed E-state index contributed by atoms with van der Waals surface area (Å²) in [7, 11) is 0. The number of aromatic nitrogens is 1. The Morgan fingerprint density at radius 1 is 1.14 bits per heavy atom. The number of hydrogen-bond acceptors (Lipinski definition) is 4. The van der Waals surface area contributed by atoms with E-state index in [2.05, 4.69) is 9.88 Å². The van der Waals surface area contributed by atoms with Crippen LogP contribution in [0.4, 0.5) is 5.69 Å². The number of benzene rings is 1. The van der Waals surface area contributed by atoms with Gasteiger partial charge in [0, 0.05) is 12.7 Å². The van der Waals surface area contributed by atoms with Gasteiger partial charge in [-0.05, 0) is 43.5 Å². The Morgan fingerprint density at radius 3 is 2.76 bits per heavy atom. The summed E-state index contributed by atoms with van der Waals surface area (Å²) >= 11 is 0. The van der Waals surface area contributed by atoms with Crippen molar-refractivity contribution in [1.29, 1.82) is 0 Å². The Kier molecular flexibility index (Phi) is 4.15. The maximum atomic E-state index is 12.5. The molecule has 1 aromatic heterocycles. The van der Waals surface area contributed by atoms with Gasteiger partial charge in [0.25, 0.3) is 0 Å². The highest BCUT2D eigenvalue weighted by Crippen LogP contribution is 2.25. The molecule has 0 N–H and O–H groups in total. The molecule has 1 unspecified atom stereocenters. The lowest BCUT2D eigenvalue weighted by Gasteiger charge is -2.35. The lowest BCUT2D eigenvalue weighted by Crippen LogP contribution is -2.46. The second-order valence-corrected chi connectivity index (χ2v) is 5.15. The molecular formula is C17H18N2O2. The lowest BCUT2D eigenvalue weighted by molar-refractivity contribution is -0.136. The monoisotopic (exact) mass is 282 g/mol. The van der Waals surface area contributed by atoms with Gasteiger partial charge < -0.3 is 9.64 Å². The van der Waals surface area contributed by atoms with Crippen LogP contribution in [0, 0.1) is 0 Å². The quantitative estimate of drug-likeness (QED) is 0.641. The fraction of sp³-hybridized carbons (Fsp3) is 0.294. The number of nitrogens with zero attached hydrogens (tertiary/aromatic N) is 2. The third-order valence-electron chi connectivity index (χ3n) is 3.71. The van der Waals surface area contributed by atoms with E-state index in [1.54, 1.807) is 24.5 Å². The summed E-state index contributed by atoms with van der Waals surface area (Å²) in [6.07, 6.45) is 6.49. The van der Waals surface area contributed by atoms with E-state index >= 15 is 0 Å². The van der Waals surface area contributed by atoms with E-state index in [1.165, 1.54) is 0 Å². The molecule has 0 saturated carbocycles. The molecule has 4 heteroatoms. The Labute approximate surface area is 124 Å². The molecule has 0 bridgehead atoms. The van der Waals surface area contributed by atoms with Gasteiger partial charge in [0.1, 0.15) is 11.8 Å². The first kappa shape index (κ1) is 13.6. The average Bonchev–Trinajstić information content (AvgIpc) is 2.56. The zero-order chi connectivity index (χ0) is 14.5. The van der Waals surface area contributed by atoms with E-state index in [0.29, 0.717) is 5.75 Å². The highest BCUT2D eigenvalue weighted by molar-refractivity contribution is 5.82. The maximum Gasteiger partial charge on any atom is 0.334 e. The minimum atomic E-state index is -0.233. The summed E-state index contributed by atoms with van der Waals surface area (Å²) in [5.74, 6) is 0.406. The Bertz CT molecular complexity index is 586. The number of carbonyl (C=O) groups excluding carboxylic acids is 1. The summed E-state index contributed by atoms with van der Waals surface area (Å²) < 4.78 is 5.50. The standard InChI is InChI=1S/C17H18N2O2/c20-17(21-15-8-2-1-3-9-15)16-10-4-5-12-19(16)14-7-6-11-18-13-14/h1-3,6-9,11,13,16H,4-5,10,12H2. The van der Waals surface area contributed by atoms with Gasteiger partial charge in [-0.15, -0.1) is 0 Å². The molecular weight excluding hydrogens is 264 g/mol. The predicted octanol–water partition coefficient (Wildman–Crippen LogP) is 3.05. The summed E-state index contributed by atoms with van der Waals surface area (Å²) in [5, 5.41) is 0. The van der Waals surface area contributed by atoms with Gasteiger partial charge in [0.05, 0.1) is 11.9 Å². The number of anilines is 1. The number of hydrogen-bond donors (Lipinski definition) is 0. The molecule has 108 valence electrons. The minimum Gasteiger partial charge on any atom is -0.425 e. The normalized spacial score (nSPS) is 18.3. The molecule has 0 aliphatic carbocycles. The number of ether oxygens (including phenoxy) is 1. The first-order chi connectivity index (χ1) is 10.3. The van der Waals surface area contributed by atoms with Crippen LogP contribution in [-0.2, 0) is 4.79 Å². The van der Waals surface area contributed by atoms with E-state index in [0.717, 1.165) is 31.5 Å². The van der Waals surface area contributed by atoms with Crippen LogP contribution in [0.3, 0.4) is 0 Å². The molecule has 0 spiro atoms. The third kappa shape index (κ3) is 3.21. The molecule has 1 aromatic carbocycles. The fourth-order valence-electron chi connectivity index (χ4n) is 2.68. The first-order valence-electron chi connectivity index (χ1n) is 7.28. The van der Waals surface area contributed by atoms with Crippen molar-refractivity contribution >= 4 is 11.7 Å². The minimum absolute atomic E-state index is 0.190. The molecule has 1 aliphatic heterocycles. The van der Waals surface area contributed by atoms with Gasteiger partial charge in [-0.25, -0.2) is 4.79 Å². The van der Waals surface area contributed by atoms with E-state index in [-0.39, 0.29) is 12.0 Å². The van der Waals surface area contributed by atoms with Gasteiger partial charge in [-0.1, -0.05) is 18.2 Å². The first-order valence-corrected chi connectivity index (χ1v) is 7.28. The Hall–Kier alpha value is -2.36. The molecule has 0 radical (unpaired) electrons. The second-order valence-electron chi connectivity index (χ2n) is 5.15. The van der Waals surface area contributed by atoms with E-state index in [1.807, 2.05) is 30.3 Å². The van der Waals surface area contributed by atoms with Crippen LogP contribution in [0.5, 0.6) is 5.75 Å². The summed E-state index contributed by atoms with van der Waals surface area (Å²) in [6, 6.07) is 12.9. The van der Waals surface area contributed by atoms with Gasteiger partial charge >= 0.3 is 5.97 Å². The predicted molar refractivity (Wildman–Crippen MR) is 81.3 cm³/mol. The molecule has 1 fully saturated rings. The number of rotatable bonds is 3. The number of para-hydroxylation sites is 1. The van der Waals surface area contributed by atoms with Crippen molar-refractivity contribution in [3.63, 3.8) is 0 Å². The van der Waals surface area contributed by atoms with E-state index in [4.69, 9.17) is 4.74 Å². The van der Waals surface area contributed by atoms with Crippen molar-refractivity contribution in [2.24, 2.45) is 0 Å². The van der Waals surface area contributed by atoms with Crippen molar-refractivity contribution in [2.45, 2.75) is 25.3 Å². The van der Waals surface area contributed by atoms with Crippen LogP contribution < -0.4 is 9.64 Å². The van der Waals surface area contributed by atoms with Crippen molar-refractivity contribution in [1.82, 2.24) is 4.98 Å². The van der Waals surface area contributed by atoms with Gasteiger partial charge in [0.2, 0.25) is 0 Å². The molecule has 2 aromatic rings. The van der Waals surface area contributed by atoms with Crippen LogP contribution in [0.2, 0.25) is 0 Å². The van der Waals surface area contributed by atoms with Crippen LogP contribution in [0.15, 0.2) is 54.9 Å².